The molecule has 0 saturated carbocycles. The van der Waals surface area contributed by atoms with E-state index in [4.69, 9.17) is 0 Å². The summed E-state index contributed by atoms with van der Waals surface area (Å²) in [5.74, 6) is -1.89. The normalized spacial score (nSPS) is 18.9. The van der Waals surface area contributed by atoms with Gasteiger partial charge in [-0.1, -0.05) is 59.8 Å². The van der Waals surface area contributed by atoms with Crippen molar-refractivity contribution >= 4 is 11.8 Å². The molecule has 2 aromatic carbocycles. The summed E-state index contributed by atoms with van der Waals surface area (Å²) in [5, 5.41) is 12.1. The second-order valence-corrected chi connectivity index (χ2v) is 8.70. The van der Waals surface area contributed by atoms with Crippen molar-refractivity contribution in [3.05, 3.63) is 71.6 Å². The first-order valence-corrected chi connectivity index (χ1v) is 11.6. The van der Waals surface area contributed by atoms with Crippen molar-refractivity contribution < 1.29 is 27.3 Å². The molecule has 2 amide bonds. The zero-order valence-corrected chi connectivity index (χ0v) is 19.5. The van der Waals surface area contributed by atoms with E-state index in [-0.39, 0.29) is 36.1 Å². The fourth-order valence-corrected chi connectivity index (χ4v) is 4.09. The molecule has 1 saturated heterocycles. The number of piperidine rings is 1. The monoisotopic (exact) mass is 501 g/mol. The highest BCUT2D eigenvalue weighted by molar-refractivity contribution is 5.89. The summed E-state index contributed by atoms with van der Waals surface area (Å²) in [7, 11) is 0. The van der Waals surface area contributed by atoms with Gasteiger partial charge >= 0.3 is 12.1 Å². The van der Waals surface area contributed by atoms with E-state index in [2.05, 4.69) is 42.7 Å². The SMILES string of the molecule is C[C@H](NC(=O)[C@H]1C[C@@H](c2ccccc2)CCN1)C(=O)NCc1ccc(-c2noc(C(F)(F)F)n2)cc1. The van der Waals surface area contributed by atoms with Crippen LogP contribution < -0.4 is 16.0 Å². The maximum Gasteiger partial charge on any atom is 0.471 e. The number of rotatable bonds is 7. The van der Waals surface area contributed by atoms with Crippen LogP contribution in [0, 0.1) is 0 Å². The summed E-state index contributed by atoms with van der Waals surface area (Å²) in [6, 6.07) is 15.3. The van der Waals surface area contributed by atoms with E-state index in [1.165, 1.54) is 17.7 Å². The Labute approximate surface area is 205 Å². The van der Waals surface area contributed by atoms with Gasteiger partial charge in [0, 0.05) is 12.1 Å². The van der Waals surface area contributed by atoms with Crippen LogP contribution in [0.4, 0.5) is 13.2 Å². The minimum Gasteiger partial charge on any atom is -0.350 e. The van der Waals surface area contributed by atoms with Gasteiger partial charge in [-0.3, -0.25) is 9.59 Å². The number of halogens is 3. The molecule has 3 N–H and O–H groups in total. The lowest BCUT2D eigenvalue weighted by atomic mass is 9.86. The molecule has 0 aliphatic carbocycles. The minimum absolute atomic E-state index is 0.178. The molecule has 4 rings (SSSR count). The largest absolute Gasteiger partial charge is 0.471 e. The molecule has 0 radical (unpaired) electrons. The molecular formula is C25H26F3N5O3. The molecule has 3 atom stereocenters. The highest BCUT2D eigenvalue weighted by atomic mass is 19.4. The van der Waals surface area contributed by atoms with E-state index in [0.29, 0.717) is 17.5 Å². The minimum atomic E-state index is -4.71. The Kier molecular flexibility index (Phi) is 7.68. The van der Waals surface area contributed by atoms with Crippen LogP contribution in [0.5, 0.6) is 0 Å². The number of benzene rings is 2. The Bertz CT molecular complexity index is 1180. The van der Waals surface area contributed by atoms with Crippen LogP contribution in [-0.4, -0.2) is 40.6 Å². The fraction of sp³-hybridized carbons (Fsp3) is 0.360. The molecule has 1 aliphatic heterocycles. The molecule has 1 fully saturated rings. The van der Waals surface area contributed by atoms with Crippen molar-refractivity contribution in [3.63, 3.8) is 0 Å². The molecule has 2 heterocycles. The molecule has 36 heavy (non-hydrogen) atoms. The first-order valence-electron chi connectivity index (χ1n) is 11.6. The topological polar surface area (TPSA) is 109 Å². The predicted octanol–water partition coefficient (Wildman–Crippen LogP) is 3.41. The lowest BCUT2D eigenvalue weighted by Gasteiger charge is -2.30. The summed E-state index contributed by atoms with van der Waals surface area (Å²) in [4.78, 5) is 28.6. The quantitative estimate of drug-likeness (QED) is 0.458. The van der Waals surface area contributed by atoms with E-state index in [1.54, 1.807) is 19.1 Å². The Hall–Kier alpha value is -3.73. The second kappa shape index (κ2) is 10.9. The molecule has 8 nitrogen and oxygen atoms in total. The third-order valence-electron chi connectivity index (χ3n) is 6.09. The van der Waals surface area contributed by atoms with Gasteiger partial charge in [-0.15, -0.1) is 0 Å². The predicted molar refractivity (Wildman–Crippen MR) is 124 cm³/mol. The number of hydrogen-bond donors (Lipinski definition) is 3. The first kappa shape index (κ1) is 25.4. The van der Waals surface area contributed by atoms with E-state index in [1.807, 2.05) is 18.2 Å². The second-order valence-electron chi connectivity index (χ2n) is 8.70. The van der Waals surface area contributed by atoms with E-state index in [0.717, 1.165) is 13.0 Å². The maximum absolute atomic E-state index is 12.8. The molecule has 3 aromatic rings. The highest BCUT2D eigenvalue weighted by Gasteiger charge is 2.38. The van der Waals surface area contributed by atoms with Crippen LogP contribution >= 0.6 is 0 Å². The Balaban J connectivity index is 1.26. The lowest BCUT2D eigenvalue weighted by Crippen LogP contribution is -2.53. The summed E-state index contributed by atoms with van der Waals surface area (Å²) in [6.45, 7) is 2.51. The summed E-state index contributed by atoms with van der Waals surface area (Å²) >= 11 is 0. The number of alkyl halides is 3. The third kappa shape index (κ3) is 6.28. The van der Waals surface area contributed by atoms with Crippen molar-refractivity contribution in [1.29, 1.82) is 0 Å². The third-order valence-corrected chi connectivity index (χ3v) is 6.09. The number of nitrogens with zero attached hydrogens (tertiary/aromatic N) is 2. The lowest BCUT2D eigenvalue weighted by molar-refractivity contribution is -0.159. The fourth-order valence-electron chi connectivity index (χ4n) is 4.09. The summed E-state index contributed by atoms with van der Waals surface area (Å²) in [6.07, 6.45) is -3.11. The first-order chi connectivity index (χ1) is 17.2. The van der Waals surface area contributed by atoms with Crippen molar-refractivity contribution in [2.45, 2.75) is 50.5 Å². The van der Waals surface area contributed by atoms with Crippen LogP contribution in [0.3, 0.4) is 0 Å². The van der Waals surface area contributed by atoms with Crippen LogP contribution in [0.2, 0.25) is 0 Å². The van der Waals surface area contributed by atoms with Gasteiger partial charge in [0.15, 0.2) is 0 Å². The number of aromatic nitrogens is 2. The van der Waals surface area contributed by atoms with Crippen molar-refractivity contribution in [1.82, 2.24) is 26.1 Å². The molecule has 0 unspecified atom stereocenters. The van der Waals surface area contributed by atoms with Crippen molar-refractivity contribution in [3.8, 4) is 11.4 Å². The molecule has 1 aromatic heterocycles. The molecule has 0 spiro atoms. The number of carbonyl (C=O) groups excluding carboxylic acids is 2. The Morgan fingerprint density at radius 1 is 1.14 bits per heavy atom. The van der Waals surface area contributed by atoms with Crippen LogP contribution in [0.25, 0.3) is 11.4 Å². The van der Waals surface area contributed by atoms with Crippen LogP contribution in [0.1, 0.15) is 42.7 Å². The molecule has 190 valence electrons. The number of carbonyl (C=O) groups is 2. The van der Waals surface area contributed by atoms with E-state index in [9.17, 15) is 22.8 Å². The summed E-state index contributed by atoms with van der Waals surface area (Å²) < 4.78 is 42.1. The van der Waals surface area contributed by atoms with Crippen molar-refractivity contribution in [2.75, 3.05) is 6.54 Å². The number of nitrogens with one attached hydrogen (secondary N) is 3. The Morgan fingerprint density at radius 2 is 1.86 bits per heavy atom. The standard InChI is InChI=1S/C25H26F3N5O3/c1-15(31-23(35)20-13-19(11-12-29-20)17-5-3-2-4-6-17)22(34)30-14-16-7-9-18(10-8-16)21-32-24(36-33-21)25(26,27)28/h2-10,15,19-20,29H,11-14H2,1H3,(H,30,34)(H,31,35)/t15-,19-,20+/m0/s1. The van der Waals surface area contributed by atoms with E-state index >= 15 is 0 Å². The van der Waals surface area contributed by atoms with E-state index < -0.39 is 18.1 Å². The molecule has 1 aliphatic rings. The van der Waals surface area contributed by atoms with Crippen LogP contribution in [-0.2, 0) is 22.3 Å². The van der Waals surface area contributed by atoms with Crippen molar-refractivity contribution in [2.24, 2.45) is 0 Å². The smallest absolute Gasteiger partial charge is 0.350 e. The van der Waals surface area contributed by atoms with Crippen LogP contribution in [0.15, 0.2) is 59.1 Å². The number of amides is 2. The van der Waals surface area contributed by atoms with Gasteiger partial charge in [0.1, 0.15) is 6.04 Å². The van der Waals surface area contributed by atoms with Gasteiger partial charge in [0.2, 0.25) is 17.6 Å². The van der Waals surface area contributed by atoms with Gasteiger partial charge in [-0.2, -0.15) is 18.2 Å². The Morgan fingerprint density at radius 3 is 2.53 bits per heavy atom. The average molecular weight is 502 g/mol. The van der Waals surface area contributed by atoms with Gasteiger partial charge in [0.05, 0.1) is 6.04 Å². The van der Waals surface area contributed by atoms with Gasteiger partial charge in [-0.25, -0.2) is 0 Å². The van der Waals surface area contributed by atoms with Gasteiger partial charge < -0.3 is 20.5 Å². The highest BCUT2D eigenvalue weighted by Crippen LogP contribution is 2.29. The molecule has 11 heteroatoms. The summed E-state index contributed by atoms with van der Waals surface area (Å²) in [5.41, 5.74) is 2.26. The molecule has 0 bridgehead atoms. The van der Waals surface area contributed by atoms with Gasteiger partial charge in [0.25, 0.3) is 0 Å². The number of hydrogen-bond acceptors (Lipinski definition) is 6. The average Bonchev–Trinajstić information content (AvgIpc) is 3.39. The zero-order valence-electron chi connectivity index (χ0n) is 19.5. The van der Waals surface area contributed by atoms with Gasteiger partial charge in [-0.05, 0) is 43.4 Å². The molecular weight excluding hydrogens is 475 g/mol. The maximum atomic E-state index is 12.8. The zero-order chi connectivity index (χ0) is 25.7.